The number of aryl methyl sites for hydroxylation is 1. The Hall–Kier alpha value is -0.410. The van der Waals surface area contributed by atoms with Crippen molar-refractivity contribution in [1.29, 1.82) is 0 Å². The number of hydrogen-bond donors (Lipinski definition) is 1. The van der Waals surface area contributed by atoms with Crippen LogP contribution in [0.4, 0.5) is 0 Å². The fraction of sp³-hybridized carbons (Fsp3) is 0.733. The van der Waals surface area contributed by atoms with E-state index in [1.54, 1.807) is 18.4 Å². The molecule has 1 aliphatic heterocycles. The molecule has 1 atom stereocenters. The topological polar surface area (TPSA) is 49.8 Å². The van der Waals surface area contributed by atoms with Gasteiger partial charge in [0.2, 0.25) is 0 Å². The van der Waals surface area contributed by atoms with E-state index in [1.165, 1.54) is 17.1 Å². The number of likely N-dealkylation sites (tertiary alicyclic amines) is 1. The van der Waals surface area contributed by atoms with Crippen LogP contribution in [0.15, 0.2) is 10.4 Å². The Balaban J connectivity index is 0.00000242. The summed E-state index contributed by atoms with van der Waals surface area (Å²) >= 11 is 1.75. The monoisotopic (exact) mass is 438 g/mol. The van der Waals surface area contributed by atoms with Gasteiger partial charge in [0.15, 0.2) is 5.96 Å². The van der Waals surface area contributed by atoms with Gasteiger partial charge in [-0.25, -0.2) is 4.98 Å². The Morgan fingerprint density at radius 3 is 3.05 bits per heavy atom. The zero-order chi connectivity index (χ0) is 15.1. The number of methoxy groups -OCH3 is 1. The van der Waals surface area contributed by atoms with E-state index in [9.17, 15) is 0 Å². The highest BCUT2D eigenvalue weighted by Gasteiger charge is 2.24. The minimum absolute atomic E-state index is 0. The van der Waals surface area contributed by atoms with Gasteiger partial charge in [-0.3, -0.25) is 4.99 Å². The molecule has 7 heteroatoms. The number of guanidine groups is 1. The van der Waals surface area contributed by atoms with Gasteiger partial charge in [0.1, 0.15) is 0 Å². The molecule has 1 saturated heterocycles. The van der Waals surface area contributed by atoms with Crippen molar-refractivity contribution >= 4 is 41.3 Å². The lowest BCUT2D eigenvalue weighted by Gasteiger charge is -2.21. The maximum Gasteiger partial charge on any atom is 0.193 e. The zero-order valence-corrected chi connectivity index (χ0v) is 16.8. The molecule has 126 valence electrons. The molecular formula is C15H27IN4OS. The van der Waals surface area contributed by atoms with Gasteiger partial charge in [-0.05, 0) is 12.8 Å². The van der Waals surface area contributed by atoms with Gasteiger partial charge >= 0.3 is 0 Å². The molecule has 0 aliphatic carbocycles. The van der Waals surface area contributed by atoms with Crippen molar-refractivity contribution in [3.05, 3.63) is 16.1 Å². The predicted octanol–water partition coefficient (Wildman–Crippen LogP) is 2.41. The van der Waals surface area contributed by atoms with Crippen LogP contribution in [0.2, 0.25) is 0 Å². The molecule has 0 bridgehead atoms. The first kappa shape index (κ1) is 19.6. The molecule has 0 radical (unpaired) electrons. The molecule has 1 N–H and O–H groups in total. The van der Waals surface area contributed by atoms with Gasteiger partial charge in [-0.2, -0.15) is 0 Å². The van der Waals surface area contributed by atoms with Gasteiger partial charge in [0.05, 0.1) is 17.3 Å². The van der Waals surface area contributed by atoms with Crippen LogP contribution < -0.4 is 5.32 Å². The van der Waals surface area contributed by atoms with E-state index in [2.05, 4.69) is 32.5 Å². The van der Waals surface area contributed by atoms with Crippen LogP contribution in [0.25, 0.3) is 0 Å². The molecule has 22 heavy (non-hydrogen) atoms. The second kappa shape index (κ2) is 10.4. The maximum atomic E-state index is 5.25. The first-order chi connectivity index (χ1) is 10.3. The van der Waals surface area contributed by atoms with Crippen molar-refractivity contribution in [2.45, 2.75) is 26.2 Å². The quantitative estimate of drug-likeness (QED) is 0.421. The molecule has 0 spiro atoms. The molecule has 0 saturated carbocycles. The first-order valence-electron chi connectivity index (χ1n) is 7.64. The van der Waals surface area contributed by atoms with E-state index < -0.39 is 0 Å². The van der Waals surface area contributed by atoms with Crippen LogP contribution in [0.5, 0.6) is 0 Å². The summed E-state index contributed by atoms with van der Waals surface area (Å²) in [6, 6.07) is 0. The number of nitrogens with zero attached hydrogens (tertiary/aromatic N) is 3. The van der Waals surface area contributed by atoms with Crippen molar-refractivity contribution in [3.63, 3.8) is 0 Å². The number of hydrogen-bond acceptors (Lipinski definition) is 4. The number of nitrogens with one attached hydrogen (secondary N) is 1. The van der Waals surface area contributed by atoms with Crippen molar-refractivity contribution in [2.24, 2.45) is 10.9 Å². The largest absolute Gasteiger partial charge is 0.384 e. The number of ether oxygens (including phenoxy) is 1. The smallest absolute Gasteiger partial charge is 0.193 e. The third-order valence-corrected chi connectivity index (χ3v) is 4.81. The van der Waals surface area contributed by atoms with Crippen molar-refractivity contribution < 1.29 is 4.74 Å². The molecule has 0 aromatic carbocycles. The summed E-state index contributed by atoms with van der Waals surface area (Å²) in [5, 5.41) is 6.83. The lowest BCUT2D eigenvalue weighted by molar-refractivity contribution is 0.157. The number of halogens is 1. The summed E-state index contributed by atoms with van der Waals surface area (Å²) in [5.41, 5.74) is 1.18. The third kappa shape index (κ3) is 5.66. The summed E-state index contributed by atoms with van der Waals surface area (Å²) in [5.74, 6) is 1.62. The van der Waals surface area contributed by atoms with Gasteiger partial charge in [-0.1, -0.05) is 6.92 Å². The van der Waals surface area contributed by atoms with Crippen LogP contribution in [0, 0.1) is 5.92 Å². The van der Waals surface area contributed by atoms with Gasteiger partial charge in [0, 0.05) is 51.5 Å². The Labute approximate surface area is 154 Å². The third-order valence-electron chi connectivity index (χ3n) is 3.77. The van der Waals surface area contributed by atoms with Crippen molar-refractivity contribution in [1.82, 2.24) is 15.2 Å². The van der Waals surface area contributed by atoms with Crippen LogP contribution >= 0.6 is 35.3 Å². The molecule has 5 nitrogen and oxygen atoms in total. The normalized spacial score (nSPS) is 18.4. The Morgan fingerprint density at radius 2 is 2.41 bits per heavy atom. The first-order valence-corrected chi connectivity index (χ1v) is 8.52. The minimum atomic E-state index is 0. The SMILES string of the molecule is CCc1nc(CCNC(=NC)N2CCC(COC)C2)cs1.I. The van der Waals surface area contributed by atoms with E-state index in [4.69, 9.17) is 4.74 Å². The van der Waals surface area contributed by atoms with Gasteiger partial charge in [0.25, 0.3) is 0 Å². The molecule has 2 rings (SSSR count). The second-order valence-corrected chi connectivity index (χ2v) is 6.31. The summed E-state index contributed by atoms with van der Waals surface area (Å²) < 4.78 is 5.25. The summed E-state index contributed by atoms with van der Waals surface area (Å²) in [6.45, 7) is 5.96. The minimum Gasteiger partial charge on any atom is -0.384 e. The number of thiazole rings is 1. The molecule has 1 aliphatic rings. The zero-order valence-electron chi connectivity index (χ0n) is 13.7. The molecule has 2 heterocycles. The fourth-order valence-corrected chi connectivity index (χ4v) is 3.44. The lowest BCUT2D eigenvalue weighted by Crippen LogP contribution is -2.41. The van der Waals surface area contributed by atoms with E-state index in [-0.39, 0.29) is 24.0 Å². The van der Waals surface area contributed by atoms with Crippen LogP contribution in [-0.2, 0) is 17.6 Å². The fourth-order valence-electron chi connectivity index (χ4n) is 2.66. The number of rotatable bonds is 6. The Kier molecular flexibility index (Phi) is 9.27. The Morgan fingerprint density at radius 1 is 1.59 bits per heavy atom. The molecular weight excluding hydrogens is 411 g/mol. The van der Waals surface area contributed by atoms with E-state index in [0.717, 1.165) is 45.0 Å². The van der Waals surface area contributed by atoms with Crippen molar-refractivity contribution in [2.75, 3.05) is 40.4 Å². The predicted molar refractivity (Wildman–Crippen MR) is 104 cm³/mol. The summed E-state index contributed by atoms with van der Waals surface area (Å²) in [7, 11) is 3.62. The van der Waals surface area contributed by atoms with Crippen molar-refractivity contribution in [3.8, 4) is 0 Å². The second-order valence-electron chi connectivity index (χ2n) is 5.37. The van der Waals surface area contributed by atoms with Crippen LogP contribution in [-0.4, -0.2) is 56.2 Å². The van der Waals surface area contributed by atoms with Gasteiger partial charge in [-0.15, -0.1) is 35.3 Å². The molecule has 1 unspecified atom stereocenters. The maximum absolute atomic E-state index is 5.25. The van der Waals surface area contributed by atoms with Crippen LogP contribution in [0.3, 0.4) is 0 Å². The molecule has 1 aromatic rings. The highest BCUT2D eigenvalue weighted by Crippen LogP contribution is 2.16. The highest BCUT2D eigenvalue weighted by molar-refractivity contribution is 14.0. The van der Waals surface area contributed by atoms with E-state index in [0.29, 0.717) is 5.92 Å². The number of aromatic nitrogens is 1. The highest BCUT2D eigenvalue weighted by atomic mass is 127. The lowest BCUT2D eigenvalue weighted by atomic mass is 10.1. The van der Waals surface area contributed by atoms with Crippen LogP contribution in [0.1, 0.15) is 24.0 Å². The summed E-state index contributed by atoms with van der Waals surface area (Å²) in [6.07, 6.45) is 3.15. The standard InChI is InChI=1S/C15H26N4OS.HI/c1-4-14-18-13(11-21-14)5-7-17-15(16-2)19-8-6-12(9-19)10-20-3;/h11-12H,4-10H2,1-3H3,(H,16,17);1H. The van der Waals surface area contributed by atoms with E-state index in [1.807, 2.05) is 7.05 Å². The average Bonchev–Trinajstić information content (AvgIpc) is 3.13. The average molecular weight is 438 g/mol. The van der Waals surface area contributed by atoms with Gasteiger partial charge < -0.3 is 15.0 Å². The van der Waals surface area contributed by atoms with E-state index >= 15 is 0 Å². The summed E-state index contributed by atoms with van der Waals surface area (Å²) in [4.78, 5) is 11.3. The Bertz CT molecular complexity index is 466. The molecule has 1 aromatic heterocycles. The molecule has 0 amide bonds. The molecule has 1 fully saturated rings. The number of aliphatic imine (C=N–C) groups is 1.